The minimum atomic E-state index is -0.653. The highest BCUT2D eigenvalue weighted by molar-refractivity contribution is 5.89. The number of carbonyl (C=O) groups excluding carboxylic acids is 1. The molecule has 1 aliphatic rings. The summed E-state index contributed by atoms with van der Waals surface area (Å²) in [5.41, 5.74) is 0.898. The quantitative estimate of drug-likeness (QED) is 0.774. The first-order valence-corrected chi connectivity index (χ1v) is 8.43. The summed E-state index contributed by atoms with van der Waals surface area (Å²) < 4.78 is 23.7. The lowest BCUT2D eigenvalue weighted by atomic mass is 9.97. The second kappa shape index (κ2) is 7.21. The molecule has 1 atom stereocenters. The standard InChI is InChI=1S/C18H22FN3O3/c1-11(2)16-20-18(25-21-16)22-7-6-13(10-22)8-12-4-5-15(19)14(9-12)17(23)24-3/h4-5,9,11,13H,6-8,10H2,1-3H3. The Kier molecular flexibility index (Phi) is 5.01. The zero-order valence-electron chi connectivity index (χ0n) is 14.7. The number of carbonyl (C=O) groups is 1. The summed E-state index contributed by atoms with van der Waals surface area (Å²) in [4.78, 5) is 18.1. The number of benzene rings is 1. The number of methoxy groups -OCH3 is 1. The van der Waals surface area contributed by atoms with E-state index in [1.54, 1.807) is 12.1 Å². The van der Waals surface area contributed by atoms with Crippen molar-refractivity contribution in [1.29, 1.82) is 0 Å². The van der Waals surface area contributed by atoms with Gasteiger partial charge in [-0.1, -0.05) is 25.1 Å². The fourth-order valence-electron chi connectivity index (χ4n) is 3.06. The van der Waals surface area contributed by atoms with Crippen molar-refractivity contribution >= 4 is 12.0 Å². The Bertz CT molecular complexity index is 760. The van der Waals surface area contributed by atoms with Crippen LogP contribution in [-0.2, 0) is 11.2 Å². The topological polar surface area (TPSA) is 68.5 Å². The summed E-state index contributed by atoms with van der Waals surface area (Å²) in [5, 5.41) is 4.00. The molecule has 2 heterocycles. The van der Waals surface area contributed by atoms with Crippen LogP contribution in [0, 0.1) is 11.7 Å². The minimum absolute atomic E-state index is 0.0201. The van der Waals surface area contributed by atoms with Gasteiger partial charge < -0.3 is 14.2 Å². The predicted octanol–water partition coefficient (Wildman–Crippen LogP) is 3.19. The van der Waals surface area contributed by atoms with E-state index in [0.717, 1.165) is 31.5 Å². The summed E-state index contributed by atoms with van der Waals surface area (Å²) in [6.07, 6.45) is 1.73. The average molecular weight is 347 g/mol. The summed E-state index contributed by atoms with van der Waals surface area (Å²) in [7, 11) is 1.25. The van der Waals surface area contributed by atoms with Crippen LogP contribution in [0.25, 0.3) is 0 Å². The molecule has 0 N–H and O–H groups in total. The maximum Gasteiger partial charge on any atom is 0.340 e. The monoisotopic (exact) mass is 347 g/mol. The van der Waals surface area contributed by atoms with E-state index in [1.807, 2.05) is 13.8 Å². The normalized spacial score (nSPS) is 17.3. The highest BCUT2D eigenvalue weighted by Crippen LogP contribution is 2.26. The van der Waals surface area contributed by atoms with Gasteiger partial charge in [-0.2, -0.15) is 4.98 Å². The number of esters is 1. The van der Waals surface area contributed by atoms with E-state index in [2.05, 4.69) is 19.8 Å². The van der Waals surface area contributed by atoms with Crippen LogP contribution in [0.4, 0.5) is 10.4 Å². The first-order valence-electron chi connectivity index (χ1n) is 8.43. The van der Waals surface area contributed by atoms with Crippen molar-refractivity contribution in [3.05, 3.63) is 41.0 Å². The summed E-state index contributed by atoms with van der Waals surface area (Å²) in [6.45, 7) is 5.68. The smallest absolute Gasteiger partial charge is 0.340 e. The number of halogens is 1. The van der Waals surface area contributed by atoms with Gasteiger partial charge in [-0.3, -0.25) is 0 Å². The van der Waals surface area contributed by atoms with Gasteiger partial charge in [0.15, 0.2) is 5.82 Å². The Balaban J connectivity index is 1.66. The molecule has 3 rings (SSSR count). The van der Waals surface area contributed by atoms with E-state index in [0.29, 0.717) is 17.8 Å². The molecule has 0 radical (unpaired) electrons. The molecule has 134 valence electrons. The van der Waals surface area contributed by atoms with Gasteiger partial charge in [-0.05, 0) is 36.5 Å². The molecule has 1 fully saturated rings. The molecule has 7 heteroatoms. The van der Waals surface area contributed by atoms with Crippen LogP contribution in [0.3, 0.4) is 0 Å². The molecule has 0 bridgehead atoms. The molecule has 6 nitrogen and oxygen atoms in total. The van der Waals surface area contributed by atoms with Gasteiger partial charge in [-0.25, -0.2) is 9.18 Å². The van der Waals surface area contributed by atoms with Gasteiger partial charge in [0.2, 0.25) is 0 Å². The zero-order chi connectivity index (χ0) is 18.0. The number of hydrogen-bond acceptors (Lipinski definition) is 6. The molecule has 1 saturated heterocycles. The van der Waals surface area contributed by atoms with E-state index >= 15 is 0 Å². The molecule has 1 aliphatic heterocycles. The lowest BCUT2D eigenvalue weighted by molar-refractivity contribution is 0.0595. The van der Waals surface area contributed by atoms with Crippen molar-refractivity contribution < 1.29 is 18.4 Å². The van der Waals surface area contributed by atoms with Crippen LogP contribution in [-0.4, -0.2) is 36.3 Å². The van der Waals surface area contributed by atoms with Gasteiger partial charge in [0, 0.05) is 19.0 Å². The van der Waals surface area contributed by atoms with E-state index < -0.39 is 11.8 Å². The highest BCUT2D eigenvalue weighted by atomic mass is 19.1. The molecule has 0 saturated carbocycles. The first-order chi connectivity index (χ1) is 12.0. The number of ether oxygens (including phenoxy) is 1. The molecule has 0 spiro atoms. The van der Waals surface area contributed by atoms with Crippen molar-refractivity contribution in [2.24, 2.45) is 5.92 Å². The van der Waals surface area contributed by atoms with Crippen molar-refractivity contribution in [2.45, 2.75) is 32.6 Å². The third-order valence-electron chi connectivity index (χ3n) is 4.46. The Labute approximate surface area is 146 Å². The van der Waals surface area contributed by atoms with Crippen LogP contribution < -0.4 is 4.90 Å². The maximum atomic E-state index is 13.7. The maximum absolute atomic E-state index is 13.7. The third-order valence-corrected chi connectivity index (χ3v) is 4.46. The van der Waals surface area contributed by atoms with Crippen LogP contribution >= 0.6 is 0 Å². The summed E-state index contributed by atoms with van der Waals surface area (Å²) >= 11 is 0. The van der Waals surface area contributed by atoms with Gasteiger partial charge in [0.25, 0.3) is 0 Å². The molecular weight excluding hydrogens is 325 g/mol. The molecule has 1 unspecified atom stereocenters. The Morgan fingerprint density at radius 3 is 2.96 bits per heavy atom. The second-order valence-corrected chi connectivity index (χ2v) is 6.70. The number of nitrogens with zero attached hydrogens (tertiary/aromatic N) is 3. The Hall–Kier alpha value is -2.44. The Morgan fingerprint density at radius 1 is 1.48 bits per heavy atom. The summed E-state index contributed by atoms with van der Waals surface area (Å²) in [5.74, 6) is 0.104. The molecule has 25 heavy (non-hydrogen) atoms. The number of rotatable bonds is 5. The lowest BCUT2D eigenvalue weighted by Crippen LogP contribution is -2.20. The van der Waals surface area contributed by atoms with Crippen molar-refractivity contribution in [1.82, 2.24) is 10.1 Å². The largest absolute Gasteiger partial charge is 0.465 e. The van der Waals surface area contributed by atoms with E-state index in [9.17, 15) is 9.18 Å². The fourth-order valence-corrected chi connectivity index (χ4v) is 3.06. The SMILES string of the molecule is COC(=O)c1cc(CC2CCN(c3nc(C(C)C)no3)C2)ccc1F. The molecule has 0 aliphatic carbocycles. The van der Waals surface area contributed by atoms with Crippen LogP contribution in [0.2, 0.25) is 0 Å². The molecular formula is C18H22FN3O3. The van der Waals surface area contributed by atoms with Crippen LogP contribution in [0.5, 0.6) is 0 Å². The molecule has 1 aromatic carbocycles. The van der Waals surface area contributed by atoms with Gasteiger partial charge in [-0.15, -0.1) is 0 Å². The Morgan fingerprint density at radius 2 is 2.28 bits per heavy atom. The van der Waals surface area contributed by atoms with Gasteiger partial charge >= 0.3 is 12.0 Å². The number of aromatic nitrogens is 2. The van der Waals surface area contributed by atoms with Gasteiger partial charge in [0.05, 0.1) is 12.7 Å². The molecule has 1 aromatic heterocycles. The van der Waals surface area contributed by atoms with Crippen LogP contribution in [0.1, 0.15) is 47.9 Å². The van der Waals surface area contributed by atoms with Gasteiger partial charge in [0.1, 0.15) is 5.82 Å². The van der Waals surface area contributed by atoms with E-state index in [1.165, 1.54) is 13.2 Å². The van der Waals surface area contributed by atoms with Crippen molar-refractivity contribution in [2.75, 3.05) is 25.1 Å². The van der Waals surface area contributed by atoms with E-state index in [-0.39, 0.29) is 11.5 Å². The van der Waals surface area contributed by atoms with Crippen LogP contribution in [0.15, 0.2) is 22.7 Å². The minimum Gasteiger partial charge on any atom is -0.465 e. The first kappa shape index (κ1) is 17.4. The zero-order valence-corrected chi connectivity index (χ0v) is 14.7. The lowest BCUT2D eigenvalue weighted by Gasteiger charge is -2.13. The van der Waals surface area contributed by atoms with Crippen molar-refractivity contribution in [3.63, 3.8) is 0 Å². The number of hydrogen-bond donors (Lipinski definition) is 0. The predicted molar refractivity (Wildman–Crippen MR) is 90.2 cm³/mol. The third kappa shape index (κ3) is 3.81. The molecule has 0 amide bonds. The highest BCUT2D eigenvalue weighted by Gasteiger charge is 2.27. The second-order valence-electron chi connectivity index (χ2n) is 6.70. The average Bonchev–Trinajstić information content (AvgIpc) is 3.25. The van der Waals surface area contributed by atoms with E-state index in [4.69, 9.17) is 4.52 Å². The summed E-state index contributed by atoms with van der Waals surface area (Å²) in [6, 6.07) is 5.17. The number of anilines is 1. The molecule has 2 aromatic rings. The van der Waals surface area contributed by atoms with Crippen molar-refractivity contribution in [3.8, 4) is 0 Å². The fraction of sp³-hybridized carbons (Fsp3) is 0.500.